The molecule has 0 aromatic heterocycles. The van der Waals surface area contributed by atoms with Crippen LogP contribution in [0.2, 0.25) is 0 Å². The first-order chi connectivity index (χ1) is 12.9. The smallest absolute Gasteiger partial charge is 0.306 e. The first-order valence-electron chi connectivity index (χ1n) is 11.4. The Morgan fingerprint density at radius 2 is 1.85 bits per heavy atom. The van der Waals surface area contributed by atoms with Gasteiger partial charge in [-0.2, -0.15) is 0 Å². The number of allylic oxidation sites excluding steroid dienone is 1. The molecule has 144 valence electrons. The molecule has 0 aromatic rings. The Balaban J connectivity index is 1.33. The minimum atomic E-state index is -0.131. The van der Waals surface area contributed by atoms with Gasteiger partial charge in [0.05, 0.1) is 0 Å². The van der Waals surface area contributed by atoms with Gasteiger partial charge >= 0.3 is 5.97 Å². The molecule has 3 nitrogen and oxygen atoms in total. The van der Waals surface area contributed by atoms with Crippen molar-refractivity contribution in [3.05, 3.63) is 11.6 Å². The van der Waals surface area contributed by atoms with E-state index in [1.54, 1.807) is 0 Å². The van der Waals surface area contributed by atoms with E-state index >= 15 is 0 Å². The van der Waals surface area contributed by atoms with E-state index in [0.717, 1.165) is 48.9 Å². The van der Waals surface area contributed by atoms with Crippen LogP contribution in [0.1, 0.15) is 65.2 Å². The van der Waals surface area contributed by atoms with Crippen LogP contribution in [0.5, 0.6) is 0 Å². The van der Waals surface area contributed by atoms with Gasteiger partial charge < -0.3 is 4.74 Å². The van der Waals surface area contributed by atoms with Crippen molar-refractivity contribution in [3.63, 3.8) is 0 Å². The van der Waals surface area contributed by atoms with Crippen LogP contribution in [-0.4, -0.2) is 17.4 Å². The highest BCUT2D eigenvalue weighted by Crippen LogP contribution is 2.82. The first-order valence-corrected chi connectivity index (χ1v) is 11.4. The summed E-state index contributed by atoms with van der Waals surface area (Å²) in [6.07, 6.45) is 10.6. The summed E-state index contributed by atoms with van der Waals surface area (Å²) in [5, 5.41) is 0. The van der Waals surface area contributed by atoms with Gasteiger partial charge in [-0.1, -0.05) is 19.4 Å². The van der Waals surface area contributed by atoms with Crippen molar-refractivity contribution >= 4 is 11.8 Å². The summed E-state index contributed by atoms with van der Waals surface area (Å²) in [4.78, 5) is 24.3. The molecule has 0 unspecified atom stereocenters. The molecule has 0 aromatic carbocycles. The summed E-state index contributed by atoms with van der Waals surface area (Å²) in [7, 11) is 0. The minimum absolute atomic E-state index is 0.0561. The Bertz CT molecular complexity index is 827. The van der Waals surface area contributed by atoms with Crippen LogP contribution >= 0.6 is 0 Å². The lowest BCUT2D eigenvalue weighted by atomic mass is 9.45. The molecule has 1 saturated heterocycles. The highest BCUT2D eigenvalue weighted by Gasteiger charge is 2.81. The van der Waals surface area contributed by atoms with Crippen LogP contribution in [0.4, 0.5) is 0 Å². The van der Waals surface area contributed by atoms with Crippen molar-refractivity contribution < 1.29 is 14.3 Å². The van der Waals surface area contributed by atoms with E-state index in [1.165, 1.54) is 31.3 Å². The largest absolute Gasteiger partial charge is 0.458 e. The molecule has 6 aliphatic carbocycles. The summed E-state index contributed by atoms with van der Waals surface area (Å²) in [6.45, 7) is 4.99. The predicted octanol–water partition coefficient (Wildman–Crippen LogP) is 4.31. The zero-order valence-electron chi connectivity index (χ0n) is 16.5. The third kappa shape index (κ3) is 1.58. The Morgan fingerprint density at radius 3 is 2.63 bits per heavy atom. The summed E-state index contributed by atoms with van der Waals surface area (Å²) < 4.78 is 6.22. The second-order valence-corrected chi connectivity index (χ2v) is 11.5. The van der Waals surface area contributed by atoms with Gasteiger partial charge in [0, 0.05) is 24.2 Å². The van der Waals surface area contributed by atoms with E-state index in [-0.39, 0.29) is 22.4 Å². The minimum Gasteiger partial charge on any atom is -0.458 e. The third-order valence-corrected chi connectivity index (χ3v) is 10.9. The van der Waals surface area contributed by atoms with Gasteiger partial charge in [0.2, 0.25) is 0 Å². The van der Waals surface area contributed by atoms with E-state index in [9.17, 15) is 9.59 Å². The molecule has 3 heteroatoms. The van der Waals surface area contributed by atoms with E-state index in [0.29, 0.717) is 24.0 Å². The van der Waals surface area contributed by atoms with Crippen molar-refractivity contribution in [2.75, 3.05) is 0 Å². The number of carbonyl (C=O) groups is 2. The SMILES string of the molecule is C[C@@]12CCC(=O)C=C1[C@H]1C[C@H]1[C@@H]1[C@H]3[C@H]4C[C@H]4[C@]4(CCC(=O)O4)[C@]3(C)CC[C@H]12. The molecule has 0 radical (unpaired) electrons. The first kappa shape index (κ1) is 15.8. The van der Waals surface area contributed by atoms with Crippen LogP contribution in [0.3, 0.4) is 0 Å². The number of ketones is 1. The number of hydrogen-bond acceptors (Lipinski definition) is 3. The maximum Gasteiger partial charge on any atom is 0.306 e. The lowest BCUT2D eigenvalue weighted by Gasteiger charge is -2.60. The molecule has 7 rings (SSSR count). The highest BCUT2D eigenvalue weighted by atomic mass is 16.6. The summed E-state index contributed by atoms with van der Waals surface area (Å²) in [5.74, 6) is 5.65. The standard InChI is InChI=1S/C24H30O3/c1-22-6-3-12(25)9-17(22)13-10-14(13)20-16(22)4-7-23(2)21(20)15-11-18(15)24(23)8-5-19(26)27-24/h9,13-16,18,20-21H,3-8,10-11H2,1-2H3/t13-,14+,15-,16+,18+,20-,21+,22-,23+,24+/m0/s1. The molecule has 5 saturated carbocycles. The fourth-order valence-electron chi connectivity index (χ4n) is 9.74. The Kier molecular flexibility index (Phi) is 2.56. The lowest BCUT2D eigenvalue weighted by Crippen LogP contribution is -2.57. The fraction of sp³-hybridized carbons (Fsp3) is 0.833. The molecule has 1 aliphatic heterocycles. The van der Waals surface area contributed by atoms with Gasteiger partial charge in [-0.05, 0) is 85.5 Å². The third-order valence-electron chi connectivity index (χ3n) is 10.9. The summed E-state index contributed by atoms with van der Waals surface area (Å²) in [5.41, 5.74) is 1.85. The van der Waals surface area contributed by atoms with E-state index in [1.807, 2.05) is 0 Å². The van der Waals surface area contributed by atoms with Crippen molar-refractivity contribution in [2.45, 2.75) is 70.8 Å². The Labute approximate surface area is 161 Å². The maximum atomic E-state index is 12.2. The van der Waals surface area contributed by atoms with Crippen LogP contribution in [0, 0.1) is 52.3 Å². The van der Waals surface area contributed by atoms with Crippen LogP contribution in [-0.2, 0) is 14.3 Å². The Hall–Kier alpha value is -1.12. The zero-order valence-corrected chi connectivity index (χ0v) is 16.5. The number of carbonyl (C=O) groups excluding carboxylic acids is 2. The molecule has 6 fully saturated rings. The molecule has 0 amide bonds. The molecule has 0 bridgehead atoms. The quantitative estimate of drug-likeness (QED) is 0.600. The molecular formula is C24H30O3. The van der Waals surface area contributed by atoms with Gasteiger partial charge in [0.1, 0.15) is 5.60 Å². The fourth-order valence-corrected chi connectivity index (χ4v) is 9.74. The molecule has 27 heavy (non-hydrogen) atoms. The van der Waals surface area contributed by atoms with Crippen molar-refractivity contribution in [3.8, 4) is 0 Å². The number of ether oxygens (including phenoxy) is 1. The van der Waals surface area contributed by atoms with E-state index < -0.39 is 0 Å². The molecule has 1 heterocycles. The van der Waals surface area contributed by atoms with Gasteiger partial charge in [-0.15, -0.1) is 0 Å². The predicted molar refractivity (Wildman–Crippen MR) is 99.5 cm³/mol. The van der Waals surface area contributed by atoms with Gasteiger partial charge in [0.15, 0.2) is 5.78 Å². The van der Waals surface area contributed by atoms with Crippen LogP contribution in [0.25, 0.3) is 0 Å². The van der Waals surface area contributed by atoms with E-state index in [4.69, 9.17) is 4.74 Å². The summed E-state index contributed by atoms with van der Waals surface area (Å²) >= 11 is 0. The summed E-state index contributed by atoms with van der Waals surface area (Å²) in [6, 6.07) is 0. The molecule has 7 aliphatic rings. The van der Waals surface area contributed by atoms with Crippen LogP contribution in [0.15, 0.2) is 11.6 Å². The number of hydrogen-bond donors (Lipinski definition) is 0. The van der Waals surface area contributed by atoms with Crippen molar-refractivity contribution in [2.24, 2.45) is 52.3 Å². The average molecular weight is 367 g/mol. The highest BCUT2D eigenvalue weighted by molar-refractivity contribution is 5.92. The molecule has 0 N–H and O–H groups in total. The maximum absolute atomic E-state index is 12.2. The normalized spacial score (nSPS) is 62.0. The lowest BCUT2D eigenvalue weighted by molar-refractivity contribution is -0.177. The zero-order chi connectivity index (χ0) is 18.3. The second kappa shape index (κ2) is 4.39. The number of fused-ring (bicyclic) bond motifs is 12. The topological polar surface area (TPSA) is 43.4 Å². The van der Waals surface area contributed by atoms with E-state index in [2.05, 4.69) is 19.9 Å². The van der Waals surface area contributed by atoms with Crippen LogP contribution < -0.4 is 0 Å². The number of esters is 1. The number of rotatable bonds is 0. The average Bonchev–Trinajstić information content (AvgIpc) is 3.53. The molecule has 1 spiro atoms. The molecular weight excluding hydrogens is 336 g/mol. The van der Waals surface area contributed by atoms with Gasteiger partial charge in [-0.3, -0.25) is 9.59 Å². The Morgan fingerprint density at radius 1 is 1.00 bits per heavy atom. The second-order valence-electron chi connectivity index (χ2n) is 11.5. The monoisotopic (exact) mass is 366 g/mol. The molecule has 10 atom stereocenters. The van der Waals surface area contributed by atoms with Crippen molar-refractivity contribution in [1.29, 1.82) is 0 Å². The van der Waals surface area contributed by atoms with Crippen molar-refractivity contribution in [1.82, 2.24) is 0 Å². The van der Waals surface area contributed by atoms with Gasteiger partial charge in [-0.25, -0.2) is 0 Å². The van der Waals surface area contributed by atoms with Gasteiger partial charge in [0.25, 0.3) is 0 Å².